The fourth-order valence-corrected chi connectivity index (χ4v) is 2.82. The van der Waals surface area contributed by atoms with Gasteiger partial charge >= 0.3 is 7.60 Å². The van der Waals surface area contributed by atoms with Crippen LogP contribution in [-0.2, 0) is 19.8 Å². The van der Waals surface area contributed by atoms with Crippen molar-refractivity contribution >= 4 is 18.4 Å². The van der Waals surface area contributed by atoms with E-state index in [0.29, 0.717) is 6.16 Å². The van der Waals surface area contributed by atoms with Gasteiger partial charge in [0.1, 0.15) is 0 Å². The minimum Gasteiger partial charge on any atom is -0.312 e. The molecule has 0 amide bonds. The summed E-state index contributed by atoms with van der Waals surface area (Å²) in [7, 11) is -0.165. The molecule has 0 aliphatic carbocycles. The highest BCUT2D eigenvalue weighted by Crippen LogP contribution is 2.49. The molecule has 0 aromatic heterocycles. The van der Waals surface area contributed by atoms with Crippen molar-refractivity contribution in [1.82, 2.24) is 0 Å². The molecule has 0 unspecified atom stereocenters. The zero-order valence-electron chi connectivity index (χ0n) is 9.92. The Bertz CT molecular complexity index is 557. The van der Waals surface area contributed by atoms with Crippen LogP contribution in [0.25, 0.3) is 10.8 Å². The Kier molecular flexibility index (Phi) is 3.63. The molecule has 3 nitrogen and oxygen atoms in total. The zero-order valence-corrected chi connectivity index (χ0v) is 10.8. The molecule has 90 valence electrons. The second-order valence-corrected chi connectivity index (χ2v) is 6.08. The Morgan fingerprint density at radius 2 is 1.65 bits per heavy atom. The first-order chi connectivity index (χ1) is 8.17. The molecule has 0 heterocycles. The van der Waals surface area contributed by atoms with E-state index < -0.39 is 7.60 Å². The van der Waals surface area contributed by atoms with Gasteiger partial charge in [-0.05, 0) is 16.3 Å². The van der Waals surface area contributed by atoms with E-state index in [1.165, 1.54) is 19.6 Å². The summed E-state index contributed by atoms with van der Waals surface area (Å²) in [5.74, 6) is 0. The average molecular weight is 250 g/mol. The largest absolute Gasteiger partial charge is 0.334 e. The van der Waals surface area contributed by atoms with Crippen LogP contribution in [0.2, 0.25) is 0 Å². The van der Waals surface area contributed by atoms with Crippen molar-refractivity contribution in [3.05, 3.63) is 48.0 Å². The summed E-state index contributed by atoms with van der Waals surface area (Å²) in [4.78, 5) is 0. The topological polar surface area (TPSA) is 35.5 Å². The fraction of sp³-hybridized carbons (Fsp3) is 0.231. The Hall–Kier alpha value is -1.15. The first-order valence-corrected chi connectivity index (χ1v) is 7.08. The van der Waals surface area contributed by atoms with Crippen molar-refractivity contribution in [2.24, 2.45) is 0 Å². The van der Waals surface area contributed by atoms with Gasteiger partial charge < -0.3 is 9.05 Å². The maximum atomic E-state index is 12.0. The van der Waals surface area contributed by atoms with E-state index in [1.54, 1.807) is 0 Å². The predicted molar refractivity (Wildman–Crippen MR) is 69.3 cm³/mol. The van der Waals surface area contributed by atoms with Crippen LogP contribution in [0.3, 0.4) is 0 Å². The molecule has 0 radical (unpaired) electrons. The fourth-order valence-electron chi connectivity index (χ4n) is 1.76. The van der Waals surface area contributed by atoms with E-state index >= 15 is 0 Å². The lowest BCUT2D eigenvalue weighted by Gasteiger charge is -2.13. The third kappa shape index (κ3) is 2.75. The minimum absolute atomic E-state index is 0.296. The third-order valence-electron chi connectivity index (χ3n) is 2.75. The molecular weight excluding hydrogens is 235 g/mol. The monoisotopic (exact) mass is 250 g/mol. The van der Waals surface area contributed by atoms with E-state index in [9.17, 15) is 4.57 Å². The molecule has 4 heteroatoms. The Balaban J connectivity index is 2.34. The summed E-state index contributed by atoms with van der Waals surface area (Å²) >= 11 is 0. The van der Waals surface area contributed by atoms with Crippen molar-refractivity contribution < 1.29 is 13.6 Å². The van der Waals surface area contributed by atoms with E-state index in [4.69, 9.17) is 9.05 Å². The smallest absolute Gasteiger partial charge is 0.312 e. The van der Waals surface area contributed by atoms with Crippen molar-refractivity contribution in [2.75, 3.05) is 14.2 Å². The molecule has 0 aliphatic heterocycles. The van der Waals surface area contributed by atoms with Gasteiger partial charge in [-0.25, -0.2) is 0 Å². The van der Waals surface area contributed by atoms with Gasteiger partial charge in [0, 0.05) is 14.2 Å². The number of fused-ring (bicyclic) bond motifs is 1. The highest BCUT2D eigenvalue weighted by Gasteiger charge is 2.21. The van der Waals surface area contributed by atoms with Crippen LogP contribution in [0.15, 0.2) is 42.5 Å². The summed E-state index contributed by atoms with van der Waals surface area (Å²) in [6, 6.07) is 14.0. The van der Waals surface area contributed by atoms with Crippen molar-refractivity contribution in [1.29, 1.82) is 0 Å². The molecular formula is C13H15O3P. The molecule has 0 saturated carbocycles. The Labute approximate surface area is 101 Å². The van der Waals surface area contributed by atoms with Gasteiger partial charge in [0.15, 0.2) is 0 Å². The SMILES string of the molecule is COP(=O)(Cc1ccc2ccccc2c1)OC. The molecule has 0 spiro atoms. The van der Waals surface area contributed by atoms with Gasteiger partial charge in [0.2, 0.25) is 0 Å². The summed E-state index contributed by atoms with van der Waals surface area (Å²) in [6.07, 6.45) is 0.296. The summed E-state index contributed by atoms with van der Waals surface area (Å²) in [5.41, 5.74) is 0.954. The van der Waals surface area contributed by atoms with Crippen LogP contribution in [0.4, 0.5) is 0 Å². The van der Waals surface area contributed by atoms with Gasteiger partial charge in [-0.15, -0.1) is 0 Å². The van der Waals surface area contributed by atoms with E-state index in [2.05, 4.69) is 0 Å². The predicted octanol–water partition coefficient (Wildman–Crippen LogP) is 3.83. The molecule has 0 atom stereocenters. The highest BCUT2D eigenvalue weighted by atomic mass is 31.2. The first-order valence-electron chi connectivity index (χ1n) is 5.35. The molecule has 2 aromatic carbocycles. The van der Waals surface area contributed by atoms with Gasteiger partial charge in [0.05, 0.1) is 6.16 Å². The van der Waals surface area contributed by atoms with Crippen LogP contribution < -0.4 is 0 Å². The second-order valence-electron chi connectivity index (χ2n) is 3.82. The molecule has 17 heavy (non-hydrogen) atoms. The highest BCUT2D eigenvalue weighted by molar-refractivity contribution is 7.52. The molecule has 0 aliphatic rings. The normalized spacial score (nSPS) is 11.9. The van der Waals surface area contributed by atoms with Gasteiger partial charge in [-0.2, -0.15) is 0 Å². The van der Waals surface area contributed by atoms with Crippen LogP contribution in [0, 0.1) is 0 Å². The summed E-state index contributed by atoms with van der Waals surface area (Å²) in [5, 5.41) is 2.30. The lowest BCUT2D eigenvalue weighted by molar-refractivity contribution is 0.275. The molecule has 0 saturated heterocycles. The first kappa shape index (κ1) is 12.3. The lowest BCUT2D eigenvalue weighted by Crippen LogP contribution is -1.93. The van der Waals surface area contributed by atoms with Crippen LogP contribution in [0.1, 0.15) is 5.56 Å². The van der Waals surface area contributed by atoms with E-state index in [-0.39, 0.29) is 0 Å². The summed E-state index contributed by atoms with van der Waals surface area (Å²) < 4.78 is 21.9. The van der Waals surface area contributed by atoms with E-state index in [1.807, 2.05) is 42.5 Å². The molecule has 0 N–H and O–H groups in total. The molecule has 0 bridgehead atoms. The number of rotatable bonds is 4. The number of hydrogen-bond acceptors (Lipinski definition) is 3. The molecule has 2 aromatic rings. The zero-order chi connectivity index (χ0) is 12.3. The van der Waals surface area contributed by atoms with Gasteiger partial charge in [0.25, 0.3) is 0 Å². The quantitative estimate of drug-likeness (QED) is 0.774. The third-order valence-corrected chi connectivity index (χ3v) is 4.61. The number of benzene rings is 2. The standard InChI is InChI=1S/C13H15O3P/c1-15-17(14,16-2)10-11-7-8-12-5-3-4-6-13(12)9-11/h3-9H,10H2,1-2H3. The Morgan fingerprint density at radius 3 is 2.29 bits per heavy atom. The van der Waals surface area contributed by atoms with Crippen molar-refractivity contribution in [3.63, 3.8) is 0 Å². The van der Waals surface area contributed by atoms with Crippen molar-refractivity contribution in [3.8, 4) is 0 Å². The Morgan fingerprint density at radius 1 is 1.00 bits per heavy atom. The van der Waals surface area contributed by atoms with Gasteiger partial charge in [-0.3, -0.25) is 4.57 Å². The van der Waals surface area contributed by atoms with Crippen molar-refractivity contribution in [2.45, 2.75) is 6.16 Å². The van der Waals surface area contributed by atoms with Crippen LogP contribution in [0.5, 0.6) is 0 Å². The second kappa shape index (κ2) is 5.01. The maximum Gasteiger partial charge on any atom is 0.334 e. The van der Waals surface area contributed by atoms with E-state index in [0.717, 1.165) is 10.9 Å². The van der Waals surface area contributed by atoms with Crippen LogP contribution >= 0.6 is 7.60 Å². The summed E-state index contributed by atoms with van der Waals surface area (Å²) in [6.45, 7) is 0. The van der Waals surface area contributed by atoms with Gasteiger partial charge in [-0.1, -0.05) is 42.5 Å². The lowest BCUT2D eigenvalue weighted by atomic mass is 10.1. The minimum atomic E-state index is -2.98. The maximum absolute atomic E-state index is 12.0. The number of hydrogen-bond donors (Lipinski definition) is 0. The molecule has 0 fully saturated rings. The molecule has 2 rings (SSSR count). The average Bonchev–Trinajstić information content (AvgIpc) is 2.38. The van der Waals surface area contributed by atoms with Crippen LogP contribution in [-0.4, -0.2) is 14.2 Å².